The van der Waals surface area contributed by atoms with Gasteiger partial charge >= 0.3 is 0 Å². The zero-order chi connectivity index (χ0) is 9.97. The molecule has 0 saturated heterocycles. The fourth-order valence-electron chi connectivity index (χ4n) is 1.02. The second-order valence-electron chi connectivity index (χ2n) is 2.67. The van der Waals surface area contributed by atoms with Gasteiger partial charge in [0.15, 0.2) is 5.13 Å². The van der Waals surface area contributed by atoms with Gasteiger partial charge in [0, 0.05) is 0 Å². The normalized spacial score (nSPS) is 10.1. The molecule has 0 bridgehead atoms. The first-order valence-corrected chi connectivity index (χ1v) is 4.80. The minimum Gasteiger partial charge on any atom is -0.389 e. The third-order valence-corrected chi connectivity index (χ3v) is 2.38. The number of thiazole rings is 1. The van der Waals surface area contributed by atoms with Crippen LogP contribution in [0.2, 0.25) is 0 Å². The Labute approximate surface area is 84.4 Å². The van der Waals surface area contributed by atoms with Crippen molar-refractivity contribution in [3.63, 3.8) is 0 Å². The van der Waals surface area contributed by atoms with E-state index in [1.54, 1.807) is 18.2 Å². The molecule has 1 heterocycles. The molecular weight excluding hydrogens is 201 g/mol. The summed E-state index contributed by atoms with van der Waals surface area (Å²) in [5.74, 6) is -0.304. The maximum atomic E-state index is 13.2. The van der Waals surface area contributed by atoms with Gasteiger partial charge in [-0.2, -0.15) is 0 Å². The minimum atomic E-state index is -0.304. The third kappa shape index (κ3) is 1.82. The van der Waals surface area contributed by atoms with Gasteiger partial charge in [0.05, 0.1) is 11.9 Å². The lowest BCUT2D eigenvalue weighted by Gasteiger charge is -2.02. The molecule has 0 saturated carbocycles. The zero-order valence-electron chi connectivity index (χ0n) is 7.20. The first kappa shape index (κ1) is 8.96. The van der Waals surface area contributed by atoms with E-state index in [2.05, 4.69) is 10.3 Å². The number of nitrogen functional groups attached to an aromatic ring is 1. The summed E-state index contributed by atoms with van der Waals surface area (Å²) in [5.41, 5.74) is 5.90. The number of hydrogen-bond acceptors (Lipinski definition) is 4. The Bertz CT molecular complexity index is 441. The summed E-state index contributed by atoms with van der Waals surface area (Å²) in [6, 6.07) is 6.42. The average molecular weight is 209 g/mol. The lowest BCUT2D eigenvalue weighted by atomic mass is 10.3. The van der Waals surface area contributed by atoms with Gasteiger partial charge in [-0.1, -0.05) is 23.5 Å². The molecular formula is C9H8FN3S. The van der Waals surface area contributed by atoms with Crippen LogP contribution in [0, 0.1) is 5.82 Å². The van der Waals surface area contributed by atoms with Crippen LogP contribution in [-0.2, 0) is 0 Å². The molecule has 0 spiro atoms. The Morgan fingerprint density at radius 1 is 1.36 bits per heavy atom. The molecule has 72 valence electrons. The van der Waals surface area contributed by atoms with E-state index in [1.807, 2.05) is 0 Å². The number of nitrogens with two attached hydrogens (primary N) is 1. The number of para-hydroxylation sites is 1. The first-order chi connectivity index (χ1) is 6.75. The van der Waals surface area contributed by atoms with E-state index in [4.69, 9.17) is 5.73 Å². The van der Waals surface area contributed by atoms with Crippen LogP contribution < -0.4 is 11.1 Å². The van der Waals surface area contributed by atoms with E-state index in [0.29, 0.717) is 15.8 Å². The van der Waals surface area contributed by atoms with E-state index in [9.17, 15) is 4.39 Å². The summed E-state index contributed by atoms with van der Waals surface area (Å²) in [6.45, 7) is 0. The molecule has 5 heteroatoms. The summed E-state index contributed by atoms with van der Waals surface area (Å²) < 4.78 is 13.2. The van der Waals surface area contributed by atoms with E-state index in [1.165, 1.54) is 23.6 Å². The van der Waals surface area contributed by atoms with Crippen LogP contribution in [0.5, 0.6) is 0 Å². The Kier molecular flexibility index (Phi) is 2.32. The quantitative estimate of drug-likeness (QED) is 0.799. The molecule has 0 amide bonds. The van der Waals surface area contributed by atoms with E-state index in [-0.39, 0.29) is 5.82 Å². The van der Waals surface area contributed by atoms with Crippen LogP contribution in [0.3, 0.4) is 0 Å². The molecule has 0 fully saturated rings. The van der Waals surface area contributed by atoms with Gasteiger partial charge in [0.1, 0.15) is 10.8 Å². The number of nitrogens with zero attached hydrogens (tertiary/aromatic N) is 1. The molecule has 3 nitrogen and oxygen atoms in total. The molecule has 0 aliphatic carbocycles. The van der Waals surface area contributed by atoms with Crippen molar-refractivity contribution in [1.29, 1.82) is 0 Å². The van der Waals surface area contributed by atoms with Gasteiger partial charge in [-0.05, 0) is 12.1 Å². The molecule has 2 rings (SSSR count). The van der Waals surface area contributed by atoms with Crippen LogP contribution in [0.1, 0.15) is 0 Å². The lowest BCUT2D eigenvalue weighted by Crippen LogP contribution is -1.91. The summed E-state index contributed by atoms with van der Waals surface area (Å²) in [4.78, 5) is 3.97. The van der Waals surface area contributed by atoms with Crippen molar-refractivity contribution < 1.29 is 4.39 Å². The lowest BCUT2D eigenvalue weighted by molar-refractivity contribution is 0.632. The van der Waals surface area contributed by atoms with Crippen LogP contribution in [0.4, 0.5) is 20.2 Å². The molecule has 0 aliphatic heterocycles. The van der Waals surface area contributed by atoms with Gasteiger partial charge in [-0.15, -0.1) is 0 Å². The summed E-state index contributed by atoms with van der Waals surface area (Å²) >= 11 is 1.28. The monoisotopic (exact) mass is 209 g/mol. The van der Waals surface area contributed by atoms with Crippen molar-refractivity contribution in [3.8, 4) is 0 Å². The molecule has 1 aromatic heterocycles. The van der Waals surface area contributed by atoms with Crippen LogP contribution in [-0.4, -0.2) is 4.98 Å². The van der Waals surface area contributed by atoms with Crippen molar-refractivity contribution in [1.82, 2.24) is 4.98 Å². The van der Waals surface area contributed by atoms with Crippen LogP contribution >= 0.6 is 11.3 Å². The van der Waals surface area contributed by atoms with Crippen LogP contribution in [0.15, 0.2) is 30.5 Å². The van der Waals surface area contributed by atoms with E-state index >= 15 is 0 Å². The number of halogens is 1. The standard InChI is InChI=1S/C9H8FN3S/c10-6-3-1-2-4-7(6)13-9-12-5-8(11)14-9/h1-5H,11H2,(H,12,13). The van der Waals surface area contributed by atoms with Crippen LogP contribution in [0.25, 0.3) is 0 Å². The molecule has 2 aromatic rings. The number of rotatable bonds is 2. The maximum absolute atomic E-state index is 13.2. The summed E-state index contributed by atoms with van der Waals surface area (Å²) in [6.07, 6.45) is 1.54. The Morgan fingerprint density at radius 2 is 2.14 bits per heavy atom. The van der Waals surface area contributed by atoms with Gasteiger partial charge in [0.2, 0.25) is 0 Å². The smallest absolute Gasteiger partial charge is 0.189 e. The number of hydrogen-bond donors (Lipinski definition) is 2. The molecule has 3 N–H and O–H groups in total. The Hall–Kier alpha value is -1.62. The fourth-order valence-corrected chi connectivity index (χ4v) is 1.62. The summed E-state index contributed by atoms with van der Waals surface area (Å²) in [7, 11) is 0. The molecule has 0 aliphatic rings. The Morgan fingerprint density at radius 3 is 2.79 bits per heavy atom. The van der Waals surface area contributed by atoms with Crippen molar-refractivity contribution in [3.05, 3.63) is 36.3 Å². The molecule has 1 aromatic carbocycles. The predicted octanol–water partition coefficient (Wildman–Crippen LogP) is 2.61. The fraction of sp³-hybridized carbons (Fsp3) is 0. The first-order valence-electron chi connectivity index (χ1n) is 3.98. The third-order valence-electron chi connectivity index (χ3n) is 1.64. The molecule has 0 unspecified atom stereocenters. The zero-order valence-corrected chi connectivity index (χ0v) is 8.01. The molecule has 14 heavy (non-hydrogen) atoms. The largest absolute Gasteiger partial charge is 0.389 e. The number of aromatic nitrogens is 1. The molecule has 0 radical (unpaired) electrons. The van der Waals surface area contributed by atoms with Gasteiger partial charge in [-0.3, -0.25) is 0 Å². The van der Waals surface area contributed by atoms with Crippen molar-refractivity contribution in [2.45, 2.75) is 0 Å². The van der Waals surface area contributed by atoms with Gasteiger partial charge < -0.3 is 11.1 Å². The van der Waals surface area contributed by atoms with Gasteiger partial charge in [0.25, 0.3) is 0 Å². The van der Waals surface area contributed by atoms with Crippen molar-refractivity contribution in [2.24, 2.45) is 0 Å². The maximum Gasteiger partial charge on any atom is 0.189 e. The number of nitrogens with one attached hydrogen (secondary N) is 1. The Balaban J connectivity index is 2.23. The predicted molar refractivity (Wildman–Crippen MR) is 56.2 cm³/mol. The highest BCUT2D eigenvalue weighted by Crippen LogP contribution is 2.24. The van der Waals surface area contributed by atoms with Crippen molar-refractivity contribution in [2.75, 3.05) is 11.1 Å². The topological polar surface area (TPSA) is 50.9 Å². The summed E-state index contributed by atoms with van der Waals surface area (Å²) in [5, 5.41) is 4.04. The van der Waals surface area contributed by atoms with E-state index in [0.717, 1.165) is 0 Å². The van der Waals surface area contributed by atoms with Gasteiger partial charge in [-0.25, -0.2) is 9.37 Å². The second kappa shape index (κ2) is 3.63. The highest BCUT2D eigenvalue weighted by Gasteiger charge is 2.03. The highest BCUT2D eigenvalue weighted by atomic mass is 32.1. The number of benzene rings is 1. The molecule has 0 atom stereocenters. The SMILES string of the molecule is Nc1cnc(Nc2ccccc2F)s1. The average Bonchev–Trinajstić information content (AvgIpc) is 2.56. The van der Waals surface area contributed by atoms with E-state index < -0.39 is 0 Å². The second-order valence-corrected chi connectivity index (χ2v) is 3.73. The number of anilines is 3. The van der Waals surface area contributed by atoms with Crippen molar-refractivity contribution >= 4 is 27.2 Å². The highest BCUT2D eigenvalue weighted by molar-refractivity contribution is 7.19. The minimum absolute atomic E-state index is 0.304.